The van der Waals surface area contributed by atoms with Crippen LogP contribution >= 0.6 is 0 Å². The van der Waals surface area contributed by atoms with Crippen molar-refractivity contribution in [3.05, 3.63) is 28.3 Å². The molecule has 1 fully saturated rings. The van der Waals surface area contributed by atoms with Crippen LogP contribution in [0, 0.1) is 0 Å². The van der Waals surface area contributed by atoms with E-state index < -0.39 is 0 Å². The van der Waals surface area contributed by atoms with E-state index in [-0.39, 0.29) is 18.0 Å². The molecular formula is C19H26N4O5. The monoisotopic (exact) mass is 390 g/mol. The number of rotatable bonds is 7. The van der Waals surface area contributed by atoms with Crippen molar-refractivity contribution in [2.24, 2.45) is 0 Å². The number of aromatic nitrogens is 2. The van der Waals surface area contributed by atoms with Gasteiger partial charge in [0.25, 0.3) is 5.56 Å². The number of morpholine rings is 1. The third-order valence-electron chi connectivity index (χ3n) is 4.80. The number of hydrogen-bond acceptors (Lipinski definition) is 7. The van der Waals surface area contributed by atoms with Gasteiger partial charge in [-0.3, -0.25) is 14.5 Å². The van der Waals surface area contributed by atoms with E-state index in [1.54, 1.807) is 17.0 Å². The van der Waals surface area contributed by atoms with Crippen LogP contribution in [0.2, 0.25) is 0 Å². The Hall–Kier alpha value is -2.65. The van der Waals surface area contributed by atoms with Crippen molar-refractivity contribution in [3.63, 3.8) is 0 Å². The summed E-state index contributed by atoms with van der Waals surface area (Å²) in [5, 5.41) is 0.425. The van der Waals surface area contributed by atoms with Crippen LogP contribution in [0.4, 0.5) is 0 Å². The Morgan fingerprint density at radius 3 is 2.57 bits per heavy atom. The molecule has 1 aliphatic rings. The topological polar surface area (TPSA) is 97.0 Å². The van der Waals surface area contributed by atoms with Gasteiger partial charge >= 0.3 is 0 Å². The van der Waals surface area contributed by atoms with Crippen molar-refractivity contribution in [2.45, 2.75) is 13.5 Å². The number of carbonyl (C=O) groups excluding carboxylic acids is 1. The molecule has 0 radical (unpaired) electrons. The molecule has 3 rings (SSSR count). The molecule has 0 aliphatic carbocycles. The summed E-state index contributed by atoms with van der Waals surface area (Å²) in [6, 6.07) is 3.30. The molecule has 1 saturated heterocycles. The fraction of sp³-hybridized carbons (Fsp3) is 0.526. The van der Waals surface area contributed by atoms with Gasteiger partial charge in [-0.05, 0) is 12.6 Å². The van der Waals surface area contributed by atoms with Crippen LogP contribution in [-0.4, -0.2) is 79.3 Å². The molecule has 1 N–H and O–H groups in total. The summed E-state index contributed by atoms with van der Waals surface area (Å²) in [6.07, 6.45) is 0. The zero-order valence-corrected chi connectivity index (χ0v) is 16.5. The molecule has 2 heterocycles. The van der Waals surface area contributed by atoms with E-state index in [9.17, 15) is 9.59 Å². The molecule has 0 bridgehead atoms. The number of carbonyl (C=O) groups is 1. The lowest BCUT2D eigenvalue weighted by Crippen LogP contribution is -2.45. The largest absolute Gasteiger partial charge is 0.493 e. The minimum Gasteiger partial charge on any atom is -0.493 e. The smallest absolute Gasteiger partial charge is 0.258 e. The summed E-state index contributed by atoms with van der Waals surface area (Å²) < 4.78 is 15.8. The Kier molecular flexibility index (Phi) is 6.48. The summed E-state index contributed by atoms with van der Waals surface area (Å²) in [4.78, 5) is 36.1. The molecule has 9 nitrogen and oxygen atoms in total. The van der Waals surface area contributed by atoms with Crippen LogP contribution in [0.1, 0.15) is 12.7 Å². The van der Waals surface area contributed by atoms with Crippen molar-refractivity contribution in [1.29, 1.82) is 0 Å². The maximum atomic E-state index is 12.5. The molecule has 1 aromatic heterocycles. The lowest BCUT2D eigenvalue weighted by atomic mass is 10.2. The second-order valence-corrected chi connectivity index (χ2v) is 6.53. The highest BCUT2D eigenvalue weighted by molar-refractivity contribution is 5.82. The Balaban J connectivity index is 1.79. The number of methoxy groups -OCH3 is 2. The van der Waals surface area contributed by atoms with Crippen molar-refractivity contribution in [3.8, 4) is 11.5 Å². The minimum absolute atomic E-state index is 0.0553. The van der Waals surface area contributed by atoms with Crippen LogP contribution in [-0.2, 0) is 16.1 Å². The van der Waals surface area contributed by atoms with Gasteiger partial charge in [-0.15, -0.1) is 0 Å². The number of ether oxygens (including phenoxy) is 3. The van der Waals surface area contributed by atoms with E-state index >= 15 is 0 Å². The molecule has 1 aromatic carbocycles. The van der Waals surface area contributed by atoms with Crippen LogP contribution in [0.3, 0.4) is 0 Å². The number of aromatic amines is 1. The average Bonchev–Trinajstić information content (AvgIpc) is 2.72. The molecule has 1 aliphatic heterocycles. The van der Waals surface area contributed by atoms with Crippen molar-refractivity contribution in [2.75, 3.05) is 53.6 Å². The number of amides is 1. The van der Waals surface area contributed by atoms with Crippen molar-refractivity contribution < 1.29 is 19.0 Å². The van der Waals surface area contributed by atoms with E-state index in [1.807, 2.05) is 11.8 Å². The van der Waals surface area contributed by atoms with Crippen molar-refractivity contribution in [1.82, 2.24) is 19.8 Å². The second kappa shape index (κ2) is 9.03. The Morgan fingerprint density at radius 1 is 1.25 bits per heavy atom. The Labute approximate surface area is 163 Å². The van der Waals surface area contributed by atoms with Crippen LogP contribution in [0.15, 0.2) is 16.9 Å². The van der Waals surface area contributed by atoms with E-state index in [0.29, 0.717) is 67.6 Å². The maximum Gasteiger partial charge on any atom is 0.258 e. The second-order valence-electron chi connectivity index (χ2n) is 6.53. The van der Waals surface area contributed by atoms with Crippen LogP contribution < -0.4 is 15.0 Å². The maximum absolute atomic E-state index is 12.5. The lowest BCUT2D eigenvalue weighted by molar-refractivity contribution is -0.136. The minimum atomic E-state index is -0.253. The molecule has 0 spiro atoms. The highest BCUT2D eigenvalue weighted by Crippen LogP contribution is 2.29. The van der Waals surface area contributed by atoms with Crippen molar-refractivity contribution >= 4 is 16.8 Å². The third-order valence-corrected chi connectivity index (χ3v) is 4.80. The highest BCUT2D eigenvalue weighted by Gasteiger charge is 2.20. The molecule has 152 valence electrons. The fourth-order valence-electron chi connectivity index (χ4n) is 3.18. The lowest BCUT2D eigenvalue weighted by Gasteiger charge is -2.29. The Bertz CT molecular complexity index is 892. The quantitative estimate of drug-likeness (QED) is 0.740. The molecule has 0 atom stereocenters. The van der Waals surface area contributed by atoms with E-state index in [4.69, 9.17) is 14.2 Å². The molecular weight excluding hydrogens is 364 g/mol. The fourth-order valence-corrected chi connectivity index (χ4v) is 3.18. The molecule has 2 aromatic rings. The first kappa shape index (κ1) is 20.1. The first-order valence-electron chi connectivity index (χ1n) is 9.28. The number of nitrogens with one attached hydrogen (secondary N) is 1. The summed E-state index contributed by atoms with van der Waals surface area (Å²) in [6.45, 7) is 5.64. The molecule has 0 unspecified atom stereocenters. The summed E-state index contributed by atoms with van der Waals surface area (Å²) in [7, 11) is 3.05. The van der Waals surface area contributed by atoms with Gasteiger partial charge in [0, 0.05) is 19.2 Å². The first-order valence-corrected chi connectivity index (χ1v) is 9.28. The van der Waals surface area contributed by atoms with Gasteiger partial charge in [0.15, 0.2) is 11.5 Å². The summed E-state index contributed by atoms with van der Waals surface area (Å²) >= 11 is 0. The average molecular weight is 390 g/mol. The van der Waals surface area contributed by atoms with Gasteiger partial charge in [-0.1, -0.05) is 6.92 Å². The van der Waals surface area contributed by atoms with Crippen LogP contribution in [0.25, 0.3) is 10.9 Å². The third kappa shape index (κ3) is 4.42. The van der Waals surface area contributed by atoms with Gasteiger partial charge in [0.05, 0.1) is 51.4 Å². The predicted molar refractivity (Wildman–Crippen MR) is 104 cm³/mol. The molecule has 0 saturated carbocycles. The zero-order chi connectivity index (χ0) is 20.1. The first-order chi connectivity index (χ1) is 13.5. The number of H-pyrrole nitrogens is 1. The van der Waals surface area contributed by atoms with E-state index in [1.165, 1.54) is 14.2 Å². The molecule has 28 heavy (non-hydrogen) atoms. The summed E-state index contributed by atoms with van der Waals surface area (Å²) in [5.41, 5.74) is 0.267. The van der Waals surface area contributed by atoms with Gasteiger partial charge < -0.3 is 24.1 Å². The number of nitrogens with zero attached hydrogens (tertiary/aromatic N) is 3. The van der Waals surface area contributed by atoms with Gasteiger partial charge in [0.1, 0.15) is 5.82 Å². The number of benzene rings is 1. The predicted octanol–water partition coefficient (Wildman–Crippen LogP) is 0.621. The zero-order valence-electron chi connectivity index (χ0n) is 16.5. The Morgan fingerprint density at radius 2 is 1.93 bits per heavy atom. The van der Waals surface area contributed by atoms with E-state index in [0.717, 1.165) is 0 Å². The van der Waals surface area contributed by atoms with Gasteiger partial charge in [-0.25, -0.2) is 4.98 Å². The van der Waals surface area contributed by atoms with E-state index in [2.05, 4.69) is 9.97 Å². The van der Waals surface area contributed by atoms with Gasteiger partial charge in [-0.2, -0.15) is 0 Å². The highest BCUT2D eigenvalue weighted by atomic mass is 16.5. The molecule has 1 amide bonds. The number of hydrogen-bond donors (Lipinski definition) is 1. The van der Waals surface area contributed by atoms with Crippen LogP contribution in [0.5, 0.6) is 11.5 Å². The SMILES string of the molecule is CCN(CC(=O)N1CCOCC1)Cc1nc2cc(OC)c(OC)cc2c(=O)[nH]1. The number of likely N-dealkylation sites (N-methyl/N-ethyl adjacent to an activating group) is 1. The number of fused-ring (bicyclic) bond motifs is 1. The van der Waals surface area contributed by atoms with Gasteiger partial charge in [0.2, 0.25) is 5.91 Å². The summed E-state index contributed by atoms with van der Waals surface area (Å²) in [5.74, 6) is 1.54. The molecule has 9 heteroatoms. The standard InChI is InChI=1S/C19H26N4O5/c1-4-22(12-18(24)23-5-7-28-8-6-23)11-17-20-14-10-16(27-3)15(26-2)9-13(14)19(25)21-17/h9-10H,4-8,11-12H2,1-3H3,(H,20,21,25). The normalized spacial score (nSPS) is 14.5.